The fourth-order valence-corrected chi connectivity index (χ4v) is 5.12. The molecule has 0 N–H and O–H groups in total. The van der Waals surface area contributed by atoms with Crippen molar-refractivity contribution in [3.8, 4) is 0 Å². The molecule has 0 saturated heterocycles. The SMILES string of the molecule is Cc1nc2cnccc2n1Cc1ccc(S(=O)(=O)N(C)CCC(C)Cc2ccccn2)cc1. The van der Waals surface area contributed by atoms with Gasteiger partial charge in [-0.1, -0.05) is 25.1 Å². The second kappa shape index (κ2) is 9.80. The van der Waals surface area contributed by atoms with Crippen molar-refractivity contribution in [2.75, 3.05) is 13.6 Å². The lowest BCUT2D eigenvalue weighted by molar-refractivity contribution is 0.412. The standard InChI is InChI=1S/C25H29N5O2S/c1-19(16-22-6-4-5-13-27-22)12-15-29(3)33(31,32)23-9-7-21(8-10-23)18-30-20(2)28-24-17-26-14-11-25(24)30/h4-11,13-14,17,19H,12,15-16,18H2,1-3H3. The maximum Gasteiger partial charge on any atom is 0.242 e. The van der Waals surface area contributed by atoms with Gasteiger partial charge < -0.3 is 4.57 Å². The number of nitrogens with zero attached hydrogens (tertiary/aromatic N) is 5. The van der Waals surface area contributed by atoms with Crippen LogP contribution >= 0.6 is 0 Å². The molecule has 1 unspecified atom stereocenters. The average molecular weight is 464 g/mol. The van der Waals surface area contributed by atoms with Gasteiger partial charge in [-0.25, -0.2) is 17.7 Å². The summed E-state index contributed by atoms with van der Waals surface area (Å²) in [6.07, 6.45) is 6.90. The first-order chi connectivity index (χ1) is 15.8. The summed E-state index contributed by atoms with van der Waals surface area (Å²) in [5, 5.41) is 0. The van der Waals surface area contributed by atoms with Crippen molar-refractivity contribution in [1.82, 2.24) is 23.8 Å². The third-order valence-corrected chi connectivity index (χ3v) is 7.81. The lowest BCUT2D eigenvalue weighted by atomic mass is 10.0. The van der Waals surface area contributed by atoms with Gasteiger partial charge in [-0.3, -0.25) is 9.97 Å². The van der Waals surface area contributed by atoms with Crippen LogP contribution < -0.4 is 0 Å². The van der Waals surface area contributed by atoms with Crippen molar-refractivity contribution in [2.45, 2.75) is 38.1 Å². The van der Waals surface area contributed by atoms with E-state index in [1.54, 1.807) is 37.8 Å². The molecule has 0 fully saturated rings. The molecule has 0 amide bonds. The van der Waals surface area contributed by atoms with Gasteiger partial charge >= 0.3 is 0 Å². The fraction of sp³-hybridized carbons (Fsp3) is 0.320. The molecule has 8 heteroatoms. The molecule has 0 saturated carbocycles. The van der Waals surface area contributed by atoms with Crippen molar-refractivity contribution in [1.29, 1.82) is 0 Å². The van der Waals surface area contributed by atoms with Gasteiger partial charge in [-0.05, 0) is 61.6 Å². The number of benzene rings is 1. The molecular weight excluding hydrogens is 434 g/mol. The Morgan fingerprint density at radius 2 is 1.85 bits per heavy atom. The zero-order valence-electron chi connectivity index (χ0n) is 19.2. The maximum absolute atomic E-state index is 13.1. The Morgan fingerprint density at radius 1 is 1.06 bits per heavy atom. The predicted octanol–water partition coefficient (Wildman–Crippen LogP) is 4.07. The molecule has 1 atom stereocenters. The topological polar surface area (TPSA) is 81.0 Å². The molecule has 3 aromatic heterocycles. The van der Waals surface area contributed by atoms with Gasteiger partial charge in [-0.15, -0.1) is 0 Å². The second-order valence-corrected chi connectivity index (χ2v) is 10.5. The highest BCUT2D eigenvalue weighted by molar-refractivity contribution is 7.89. The van der Waals surface area contributed by atoms with Gasteiger partial charge in [0.05, 0.1) is 16.6 Å². The summed E-state index contributed by atoms with van der Waals surface area (Å²) in [5.74, 6) is 1.23. The molecule has 1 aromatic carbocycles. The minimum Gasteiger partial charge on any atom is -0.324 e. The number of sulfonamides is 1. The molecule has 0 spiro atoms. The molecule has 4 aromatic rings. The van der Waals surface area contributed by atoms with E-state index in [0.717, 1.165) is 41.0 Å². The molecule has 0 bridgehead atoms. The van der Waals surface area contributed by atoms with E-state index in [1.165, 1.54) is 4.31 Å². The van der Waals surface area contributed by atoms with E-state index in [0.29, 0.717) is 23.9 Å². The lowest BCUT2D eigenvalue weighted by Gasteiger charge is -2.20. The molecule has 0 aliphatic carbocycles. The van der Waals surface area contributed by atoms with Crippen molar-refractivity contribution >= 4 is 21.1 Å². The lowest BCUT2D eigenvalue weighted by Crippen LogP contribution is -2.29. The van der Waals surface area contributed by atoms with Crippen LogP contribution in [-0.2, 0) is 23.0 Å². The van der Waals surface area contributed by atoms with Gasteiger partial charge in [0.25, 0.3) is 0 Å². The highest BCUT2D eigenvalue weighted by Gasteiger charge is 2.21. The number of aromatic nitrogens is 4. The van der Waals surface area contributed by atoms with Crippen molar-refractivity contribution in [2.24, 2.45) is 5.92 Å². The van der Waals surface area contributed by atoms with Gasteiger partial charge in [0.2, 0.25) is 10.0 Å². The monoisotopic (exact) mass is 463 g/mol. The van der Waals surface area contributed by atoms with Gasteiger partial charge in [0.15, 0.2) is 0 Å². The number of rotatable bonds is 9. The summed E-state index contributed by atoms with van der Waals surface area (Å²) in [6, 6.07) is 14.9. The van der Waals surface area contributed by atoms with Crippen molar-refractivity contribution in [3.63, 3.8) is 0 Å². The van der Waals surface area contributed by atoms with Crippen molar-refractivity contribution in [3.05, 3.63) is 84.2 Å². The van der Waals surface area contributed by atoms with Crippen LogP contribution in [0.3, 0.4) is 0 Å². The van der Waals surface area contributed by atoms with Crippen LogP contribution in [0.1, 0.15) is 30.4 Å². The predicted molar refractivity (Wildman–Crippen MR) is 129 cm³/mol. The second-order valence-electron chi connectivity index (χ2n) is 8.50. The van der Waals surface area contributed by atoms with E-state index < -0.39 is 10.0 Å². The van der Waals surface area contributed by atoms with Crippen LogP contribution in [0, 0.1) is 12.8 Å². The van der Waals surface area contributed by atoms with Crippen LogP contribution in [0.25, 0.3) is 11.0 Å². The molecule has 4 rings (SSSR count). The molecule has 0 aliphatic heterocycles. The molecule has 7 nitrogen and oxygen atoms in total. The average Bonchev–Trinajstić information content (AvgIpc) is 3.13. The zero-order chi connectivity index (χ0) is 23.4. The maximum atomic E-state index is 13.1. The first-order valence-corrected chi connectivity index (χ1v) is 12.5. The van der Waals surface area contributed by atoms with Gasteiger partial charge in [-0.2, -0.15) is 0 Å². The molecule has 3 heterocycles. The number of fused-ring (bicyclic) bond motifs is 1. The van der Waals surface area contributed by atoms with Gasteiger partial charge in [0, 0.05) is 38.2 Å². The fourth-order valence-electron chi connectivity index (χ4n) is 3.93. The Morgan fingerprint density at radius 3 is 2.58 bits per heavy atom. The summed E-state index contributed by atoms with van der Waals surface area (Å²) >= 11 is 0. The van der Waals surface area contributed by atoms with Crippen LogP contribution in [0.15, 0.2) is 72.0 Å². The third kappa shape index (κ3) is 5.29. The summed E-state index contributed by atoms with van der Waals surface area (Å²) in [4.78, 5) is 13.3. The van der Waals surface area contributed by atoms with Crippen LogP contribution in [-0.4, -0.2) is 45.8 Å². The molecule has 33 heavy (non-hydrogen) atoms. The molecule has 172 valence electrons. The van der Waals surface area contributed by atoms with E-state index in [-0.39, 0.29) is 0 Å². The highest BCUT2D eigenvalue weighted by Crippen LogP contribution is 2.20. The van der Waals surface area contributed by atoms with E-state index in [1.807, 2.05) is 43.3 Å². The minimum absolute atomic E-state index is 0.308. The highest BCUT2D eigenvalue weighted by atomic mass is 32.2. The summed E-state index contributed by atoms with van der Waals surface area (Å²) in [7, 11) is -1.89. The zero-order valence-corrected chi connectivity index (χ0v) is 20.0. The first-order valence-electron chi connectivity index (χ1n) is 11.1. The van der Waals surface area contributed by atoms with E-state index in [9.17, 15) is 8.42 Å². The summed E-state index contributed by atoms with van der Waals surface area (Å²) < 4.78 is 29.7. The van der Waals surface area contributed by atoms with Crippen LogP contribution in [0.5, 0.6) is 0 Å². The third-order valence-electron chi connectivity index (χ3n) is 5.93. The quantitative estimate of drug-likeness (QED) is 0.374. The number of imidazole rings is 1. The Balaban J connectivity index is 1.40. The Bertz CT molecular complexity index is 1320. The number of pyridine rings is 2. The van der Waals surface area contributed by atoms with E-state index in [4.69, 9.17) is 0 Å². The minimum atomic E-state index is -3.54. The summed E-state index contributed by atoms with van der Waals surface area (Å²) in [5.41, 5.74) is 3.91. The van der Waals surface area contributed by atoms with E-state index in [2.05, 4.69) is 26.4 Å². The molecule has 0 radical (unpaired) electrons. The van der Waals surface area contributed by atoms with Crippen LogP contribution in [0.4, 0.5) is 0 Å². The molecule has 0 aliphatic rings. The van der Waals surface area contributed by atoms with Crippen molar-refractivity contribution < 1.29 is 8.42 Å². The normalized spacial score (nSPS) is 13.0. The number of aryl methyl sites for hydroxylation is 1. The largest absolute Gasteiger partial charge is 0.324 e. The smallest absolute Gasteiger partial charge is 0.242 e. The summed E-state index contributed by atoms with van der Waals surface area (Å²) in [6.45, 7) is 5.17. The molecular formula is C25H29N5O2S. The van der Waals surface area contributed by atoms with Crippen LogP contribution in [0.2, 0.25) is 0 Å². The first kappa shape index (κ1) is 23.1. The Kier molecular flexibility index (Phi) is 6.85. The Labute approximate surface area is 195 Å². The Hall–Kier alpha value is -3.10. The number of hydrogen-bond donors (Lipinski definition) is 0. The van der Waals surface area contributed by atoms with E-state index >= 15 is 0 Å². The van der Waals surface area contributed by atoms with Gasteiger partial charge in [0.1, 0.15) is 11.3 Å². The number of hydrogen-bond acceptors (Lipinski definition) is 5.